The van der Waals surface area contributed by atoms with Gasteiger partial charge in [0.2, 0.25) is 11.8 Å². The number of nitrogens with zero attached hydrogens (tertiary/aromatic N) is 1. The van der Waals surface area contributed by atoms with Gasteiger partial charge in [0, 0.05) is 30.4 Å². The molecule has 0 aliphatic rings. The SMILES string of the molecule is CC(=O)Nc1cccc(NC(=O)CSc2nc3cc(F)c(F)cc3[nH]2)c1. The molecule has 3 aromatic rings. The maximum atomic E-state index is 13.2. The smallest absolute Gasteiger partial charge is 0.234 e. The van der Waals surface area contributed by atoms with Gasteiger partial charge in [-0.1, -0.05) is 17.8 Å². The highest BCUT2D eigenvalue weighted by molar-refractivity contribution is 7.99. The molecule has 0 saturated carbocycles. The molecule has 3 rings (SSSR count). The molecule has 1 heterocycles. The second kappa shape index (κ2) is 7.52. The molecule has 0 aliphatic carbocycles. The fourth-order valence-corrected chi connectivity index (χ4v) is 2.94. The van der Waals surface area contributed by atoms with E-state index in [0.29, 0.717) is 22.0 Å². The predicted octanol–water partition coefficient (Wildman–Crippen LogP) is 3.53. The maximum absolute atomic E-state index is 13.2. The van der Waals surface area contributed by atoms with E-state index in [1.165, 1.54) is 6.92 Å². The van der Waals surface area contributed by atoms with Crippen molar-refractivity contribution in [2.45, 2.75) is 12.1 Å². The summed E-state index contributed by atoms with van der Waals surface area (Å²) in [7, 11) is 0. The summed E-state index contributed by atoms with van der Waals surface area (Å²) in [5, 5.41) is 5.72. The summed E-state index contributed by atoms with van der Waals surface area (Å²) in [5.74, 6) is -2.38. The first kappa shape index (κ1) is 17.9. The van der Waals surface area contributed by atoms with Crippen LogP contribution in [0.3, 0.4) is 0 Å². The van der Waals surface area contributed by atoms with Crippen molar-refractivity contribution in [3.8, 4) is 0 Å². The van der Waals surface area contributed by atoms with E-state index >= 15 is 0 Å². The molecular formula is C17H14F2N4O2S. The number of halogens is 2. The Morgan fingerprint density at radius 2 is 1.81 bits per heavy atom. The molecule has 6 nitrogen and oxygen atoms in total. The van der Waals surface area contributed by atoms with Gasteiger partial charge in [0.25, 0.3) is 0 Å². The number of imidazole rings is 1. The normalized spacial score (nSPS) is 10.7. The minimum atomic E-state index is -0.975. The van der Waals surface area contributed by atoms with E-state index in [1.807, 2.05) is 0 Å². The van der Waals surface area contributed by atoms with Crippen LogP contribution in [0.2, 0.25) is 0 Å². The first-order valence-electron chi connectivity index (χ1n) is 7.56. The van der Waals surface area contributed by atoms with Gasteiger partial charge in [-0.2, -0.15) is 0 Å². The quantitative estimate of drug-likeness (QED) is 0.595. The Labute approximate surface area is 151 Å². The number of fused-ring (bicyclic) bond motifs is 1. The molecule has 2 aromatic carbocycles. The second-order valence-electron chi connectivity index (χ2n) is 5.42. The van der Waals surface area contributed by atoms with Crippen LogP contribution in [-0.2, 0) is 9.59 Å². The molecule has 2 amide bonds. The molecular weight excluding hydrogens is 362 g/mol. The van der Waals surface area contributed by atoms with Crippen LogP contribution in [0.15, 0.2) is 41.6 Å². The van der Waals surface area contributed by atoms with E-state index < -0.39 is 11.6 Å². The fraction of sp³-hybridized carbons (Fsp3) is 0.118. The number of anilines is 2. The van der Waals surface area contributed by atoms with E-state index in [2.05, 4.69) is 20.6 Å². The van der Waals surface area contributed by atoms with Gasteiger partial charge in [-0.25, -0.2) is 13.8 Å². The predicted molar refractivity (Wildman–Crippen MR) is 96.1 cm³/mol. The van der Waals surface area contributed by atoms with Crippen LogP contribution in [0, 0.1) is 11.6 Å². The molecule has 9 heteroatoms. The Morgan fingerprint density at radius 3 is 2.54 bits per heavy atom. The van der Waals surface area contributed by atoms with Gasteiger partial charge in [0.1, 0.15) is 0 Å². The third-order valence-electron chi connectivity index (χ3n) is 3.31. The Balaban J connectivity index is 1.61. The highest BCUT2D eigenvalue weighted by Crippen LogP contribution is 2.22. The maximum Gasteiger partial charge on any atom is 0.234 e. The van der Waals surface area contributed by atoms with Crippen LogP contribution in [0.1, 0.15) is 6.92 Å². The van der Waals surface area contributed by atoms with Crippen molar-refractivity contribution in [1.82, 2.24) is 9.97 Å². The molecule has 1 aromatic heterocycles. The van der Waals surface area contributed by atoms with Crippen LogP contribution >= 0.6 is 11.8 Å². The van der Waals surface area contributed by atoms with Crippen molar-refractivity contribution >= 4 is 46.0 Å². The van der Waals surface area contributed by atoms with Gasteiger partial charge in [0.05, 0.1) is 16.8 Å². The molecule has 0 bridgehead atoms. The van der Waals surface area contributed by atoms with Crippen molar-refractivity contribution < 1.29 is 18.4 Å². The third-order valence-corrected chi connectivity index (χ3v) is 4.18. The number of benzene rings is 2. The lowest BCUT2D eigenvalue weighted by Gasteiger charge is -2.07. The van der Waals surface area contributed by atoms with Crippen molar-refractivity contribution in [3.05, 3.63) is 48.0 Å². The Kier molecular flexibility index (Phi) is 5.17. The zero-order valence-corrected chi connectivity index (χ0v) is 14.4. The van der Waals surface area contributed by atoms with Gasteiger partial charge in [0.15, 0.2) is 16.8 Å². The van der Waals surface area contributed by atoms with Crippen LogP contribution in [0.5, 0.6) is 0 Å². The Morgan fingerprint density at radius 1 is 1.12 bits per heavy atom. The third kappa shape index (κ3) is 4.37. The average Bonchev–Trinajstić information content (AvgIpc) is 2.95. The minimum Gasteiger partial charge on any atom is -0.333 e. The molecule has 0 unspecified atom stereocenters. The molecule has 0 fully saturated rings. The standard InChI is InChI=1S/C17H14F2N4O2S/c1-9(24)20-10-3-2-4-11(5-10)21-16(25)8-26-17-22-14-6-12(18)13(19)7-15(14)23-17/h2-7H,8H2,1H3,(H,20,24)(H,21,25)(H,22,23). The van der Waals surface area contributed by atoms with E-state index in [4.69, 9.17) is 0 Å². The number of rotatable bonds is 5. The average molecular weight is 376 g/mol. The number of thioether (sulfide) groups is 1. The number of H-pyrrole nitrogens is 1. The summed E-state index contributed by atoms with van der Waals surface area (Å²) in [6.45, 7) is 1.40. The molecule has 26 heavy (non-hydrogen) atoms. The molecule has 3 N–H and O–H groups in total. The highest BCUT2D eigenvalue weighted by Gasteiger charge is 2.11. The number of carbonyl (C=O) groups excluding carboxylic acids is 2. The Bertz CT molecular complexity index is 951. The number of hydrogen-bond acceptors (Lipinski definition) is 4. The van der Waals surface area contributed by atoms with Crippen LogP contribution in [0.4, 0.5) is 20.2 Å². The topological polar surface area (TPSA) is 86.9 Å². The summed E-state index contributed by atoms with van der Waals surface area (Å²) in [6, 6.07) is 8.76. The zero-order valence-electron chi connectivity index (χ0n) is 13.6. The van der Waals surface area contributed by atoms with Crippen molar-refractivity contribution in [2.24, 2.45) is 0 Å². The van der Waals surface area contributed by atoms with Crippen LogP contribution in [0.25, 0.3) is 11.0 Å². The van der Waals surface area contributed by atoms with Gasteiger partial charge in [-0.15, -0.1) is 0 Å². The summed E-state index contributed by atoms with van der Waals surface area (Å²) < 4.78 is 26.4. The second-order valence-corrected chi connectivity index (χ2v) is 6.39. The van der Waals surface area contributed by atoms with E-state index in [9.17, 15) is 18.4 Å². The Hall–Kier alpha value is -2.94. The van der Waals surface area contributed by atoms with Crippen molar-refractivity contribution in [2.75, 3.05) is 16.4 Å². The first-order valence-corrected chi connectivity index (χ1v) is 8.54. The largest absolute Gasteiger partial charge is 0.333 e. The van der Waals surface area contributed by atoms with Crippen molar-refractivity contribution in [3.63, 3.8) is 0 Å². The minimum absolute atomic E-state index is 0.0507. The molecule has 0 radical (unpaired) electrons. The number of nitrogens with one attached hydrogen (secondary N) is 3. The zero-order chi connectivity index (χ0) is 18.7. The molecule has 0 aliphatic heterocycles. The number of hydrogen-bond donors (Lipinski definition) is 3. The lowest BCUT2D eigenvalue weighted by Crippen LogP contribution is -2.14. The van der Waals surface area contributed by atoms with Crippen molar-refractivity contribution in [1.29, 1.82) is 0 Å². The molecule has 0 saturated heterocycles. The number of carbonyl (C=O) groups is 2. The molecule has 134 valence electrons. The van der Waals surface area contributed by atoms with Gasteiger partial charge in [-0.05, 0) is 18.2 Å². The van der Waals surface area contributed by atoms with Gasteiger partial charge >= 0.3 is 0 Å². The van der Waals surface area contributed by atoms with E-state index in [-0.39, 0.29) is 23.1 Å². The fourth-order valence-electron chi connectivity index (χ4n) is 2.26. The molecule has 0 atom stereocenters. The van der Waals surface area contributed by atoms with Crippen LogP contribution < -0.4 is 10.6 Å². The van der Waals surface area contributed by atoms with Gasteiger partial charge in [-0.3, -0.25) is 9.59 Å². The van der Waals surface area contributed by atoms with Crippen LogP contribution in [-0.4, -0.2) is 27.5 Å². The van der Waals surface area contributed by atoms with Gasteiger partial charge < -0.3 is 15.6 Å². The van der Waals surface area contributed by atoms with E-state index in [1.54, 1.807) is 24.3 Å². The summed E-state index contributed by atoms with van der Waals surface area (Å²) in [4.78, 5) is 30.1. The summed E-state index contributed by atoms with van der Waals surface area (Å²) in [5.41, 5.74) is 1.75. The monoisotopic (exact) mass is 376 g/mol. The summed E-state index contributed by atoms with van der Waals surface area (Å²) in [6.07, 6.45) is 0. The molecule has 0 spiro atoms. The lowest BCUT2D eigenvalue weighted by atomic mass is 10.2. The van der Waals surface area contributed by atoms with E-state index in [0.717, 1.165) is 23.9 Å². The number of aromatic amines is 1. The lowest BCUT2D eigenvalue weighted by molar-refractivity contribution is -0.114. The first-order chi connectivity index (χ1) is 12.4. The summed E-state index contributed by atoms with van der Waals surface area (Å²) >= 11 is 1.11. The number of aromatic nitrogens is 2. The number of amides is 2. The highest BCUT2D eigenvalue weighted by atomic mass is 32.2.